The van der Waals surface area contributed by atoms with Crippen LogP contribution >= 0.6 is 11.8 Å². The summed E-state index contributed by atoms with van der Waals surface area (Å²) in [5, 5.41) is 63.9. The maximum atomic E-state index is 12.8. The Balaban J connectivity index is 0.00000165. The van der Waals surface area contributed by atoms with Gasteiger partial charge in [0.15, 0.2) is 0 Å². The summed E-state index contributed by atoms with van der Waals surface area (Å²) < 4.78 is 109. The summed E-state index contributed by atoms with van der Waals surface area (Å²) in [5.74, 6) is -2.92. The summed E-state index contributed by atoms with van der Waals surface area (Å²) in [5.41, 5.74) is 29.0. The predicted molar refractivity (Wildman–Crippen MR) is 585 cm³/mol. The topological polar surface area (TPSA) is 592 Å². The van der Waals surface area contributed by atoms with Gasteiger partial charge in [0, 0.05) is 154 Å². The second-order valence-corrected chi connectivity index (χ2v) is 49.5. The number of carboxylic acid groups (broad SMARTS) is 2. The van der Waals surface area contributed by atoms with Crippen LogP contribution in [0.25, 0.3) is 16.0 Å². The molecular formula is C102H132FN16NaO20S7. The summed E-state index contributed by atoms with van der Waals surface area (Å²) in [4.78, 5) is 90.6. The number of nitrogens with one attached hydrogen (secondary N) is 3. The van der Waals surface area contributed by atoms with Gasteiger partial charge >= 0.3 is 41.5 Å². The number of nitrogens with two attached hydrogens (primary N) is 2. The number of carbonyl (C=O) groups is 4. The maximum absolute atomic E-state index is 12.8. The Labute approximate surface area is 891 Å². The third kappa shape index (κ3) is 55.5. The second kappa shape index (κ2) is 63.0. The molecule has 0 bridgehead atoms. The number of rotatable bonds is 23. The number of thioether (sulfide) groups is 1. The molecule has 6 unspecified atom stereocenters. The number of nitrogens with zero attached hydrogens (tertiary/aromatic N) is 11. The van der Waals surface area contributed by atoms with E-state index in [9.17, 15) is 89.3 Å². The predicted octanol–water partition coefficient (Wildman–Crippen LogP) is 20.8. The third-order valence-electron chi connectivity index (χ3n) is 18.2. The van der Waals surface area contributed by atoms with E-state index in [2.05, 4.69) is 28.1 Å². The average molecular weight is 2170 g/mol. The number of nitro benzene ring substituents is 4. The molecule has 0 radical (unpaired) electrons. The van der Waals surface area contributed by atoms with Gasteiger partial charge in [0.25, 0.3) is 22.7 Å². The molecule has 11 rings (SSSR count). The first-order valence-corrected chi connectivity index (χ1v) is 56.2. The Kier molecular flexibility index (Phi) is 57.5. The van der Waals surface area contributed by atoms with Gasteiger partial charge in [-0.3, -0.25) is 64.0 Å². The average Bonchev–Trinajstić information content (AvgIpc) is 0.835. The Morgan fingerprint density at radius 1 is 0.442 bits per heavy atom. The van der Waals surface area contributed by atoms with Gasteiger partial charge in [0.1, 0.15) is 5.82 Å². The van der Waals surface area contributed by atoms with Crippen LogP contribution < -0.4 is 51.7 Å². The minimum atomic E-state index is -2.77. The molecule has 0 aromatic heterocycles. The van der Waals surface area contributed by atoms with Crippen molar-refractivity contribution in [2.45, 2.75) is 186 Å². The number of aliphatic carboxylic acids is 1. The van der Waals surface area contributed by atoms with E-state index in [4.69, 9.17) is 37.5 Å². The largest absolute Gasteiger partial charge is 1.00 e. The molecule has 0 saturated heterocycles. The molecule has 11 aromatic carbocycles. The second-order valence-electron chi connectivity index (χ2n) is 36.1. The minimum absolute atomic E-state index is 0. The van der Waals surface area contributed by atoms with E-state index in [0.29, 0.717) is 60.8 Å². The SMILES string of the molecule is C.CC(C)(C)N=S(C)(=O)c1ccc(N)cc1.CC(C)(C)N=S(C)(=O)c1ccc(NC(=O)[C@@H](N)Cc2ccccc2)cc1.CC(C)(C)N=S(C)(=O)c1ccc([N+](=O)[O-])cc1.CS(=N)(=O)c1ccc([N+](=O)[O-])cc1.CS(=O)c1ccc([N+](=O)[O-])cc1.CSc1ccc([N+](=O)[O-])cc1.C[C@@H](Cc1ccccc1)C(=O)Nc1ccc(S(C)(=O)=NC(C)(C)C)cc1.C[C@@H](Cc1ccccc1)C(=O)O.O=C(O)c1ccc(F)cc1.[N-]=[N+]=[N-].[Na+]. The van der Waals surface area contributed by atoms with E-state index < -0.39 is 108 Å². The minimum Gasteiger partial charge on any atom is -0.481 e. The molecule has 0 aliphatic carbocycles. The van der Waals surface area contributed by atoms with Gasteiger partial charge in [-0.05, 0) is 271 Å². The quantitative estimate of drug-likeness (QED) is 0.00457. The van der Waals surface area contributed by atoms with Gasteiger partial charge in [0.05, 0.1) is 108 Å². The number of amides is 2. The Morgan fingerprint density at radius 3 is 0.966 bits per heavy atom. The summed E-state index contributed by atoms with van der Waals surface area (Å²) >= 11 is 1.57. The van der Waals surface area contributed by atoms with Gasteiger partial charge in [-0.1, -0.05) is 112 Å². The van der Waals surface area contributed by atoms with E-state index in [1.165, 1.54) is 114 Å². The van der Waals surface area contributed by atoms with Crippen LogP contribution in [0.5, 0.6) is 0 Å². The first-order valence-electron chi connectivity index (χ1n) is 43.8. The summed E-state index contributed by atoms with van der Waals surface area (Å²) in [6.45, 7) is 26.6. The zero-order valence-electron chi connectivity index (χ0n) is 85.5. The van der Waals surface area contributed by atoms with Gasteiger partial charge in [-0.25, -0.2) is 52.5 Å². The molecule has 0 saturated carbocycles. The third-order valence-corrected chi connectivity index (χ3v) is 29.3. The van der Waals surface area contributed by atoms with Crippen LogP contribution in [0.2, 0.25) is 0 Å². The van der Waals surface area contributed by atoms with Crippen LogP contribution in [-0.2, 0) is 93.1 Å². The number of hydrogen-bond acceptors (Lipinski definition) is 26. The molecule has 2 amide bonds. The van der Waals surface area contributed by atoms with Crippen molar-refractivity contribution in [2.24, 2.45) is 35.0 Å². The van der Waals surface area contributed by atoms with Crippen LogP contribution in [0.4, 0.5) is 44.2 Å². The van der Waals surface area contributed by atoms with Crippen molar-refractivity contribution in [2.75, 3.05) is 60.2 Å². The molecule has 0 aliphatic rings. The number of aromatic carboxylic acids is 1. The zero-order chi connectivity index (χ0) is 110. The fourth-order valence-electron chi connectivity index (χ4n) is 11.9. The number of nitrogen functional groups attached to an aromatic ring is 1. The first-order chi connectivity index (χ1) is 67.0. The molecule has 0 aliphatic heterocycles. The number of carboxylic acids is 2. The smallest absolute Gasteiger partial charge is 0.481 e. The van der Waals surface area contributed by atoms with Crippen LogP contribution in [0.1, 0.15) is 131 Å². The van der Waals surface area contributed by atoms with Crippen LogP contribution in [0.3, 0.4) is 0 Å². The Bertz CT molecular complexity index is 6650. The maximum Gasteiger partial charge on any atom is 1.00 e. The summed E-state index contributed by atoms with van der Waals surface area (Å²) in [7, 11) is -13.6. The molecule has 36 nitrogen and oxygen atoms in total. The van der Waals surface area contributed by atoms with E-state index in [1.807, 2.05) is 187 Å². The van der Waals surface area contributed by atoms with Crippen molar-refractivity contribution in [3.05, 3.63) is 370 Å². The Morgan fingerprint density at radius 2 is 0.701 bits per heavy atom. The number of anilines is 3. The van der Waals surface area contributed by atoms with E-state index >= 15 is 0 Å². The van der Waals surface area contributed by atoms with Gasteiger partial charge in [-0.2, -0.15) is 0 Å². The number of carbonyl (C=O) groups excluding carboxylic acids is 2. The van der Waals surface area contributed by atoms with E-state index in [1.54, 1.807) is 129 Å². The van der Waals surface area contributed by atoms with Crippen molar-refractivity contribution >= 4 is 135 Å². The van der Waals surface area contributed by atoms with Gasteiger partial charge in [-0.15, -0.1) is 11.8 Å². The van der Waals surface area contributed by atoms with Gasteiger partial charge in [0.2, 0.25) is 11.8 Å². The van der Waals surface area contributed by atoms with Crippen LogP contribution in [0.15, 0.2) is 337 Å². The first kappa shape index (κ1) is 134. The number of non-ortho nitro benzene ring substituents is 4. The summed E-state index contributed by atoms with van der Waals surface area (Å²) in [6, 6.07) is 77.4. The fraction of sp³-hybridized carbons (Fsp3) is 0.314. The molecular weight excluding hydrogens is 2040 g/mol. The van der Waals surface area contributed by atoms with Gasteiger partial charge < -0.3 is 43.4 Å². The standard InChI is InChI=1S/C21H28N2O2S.C20H27N3O2S.C11H16N2O3S.C11H18N2OS.C10H12O2.C7H5FO2.C7H8N2O3S.C7H7NO3S.C7H7NO2S.CH4.N3.Na/c1-16(15-17-9-7-6-8-10-17)20(24)22-18-11-13-19(14-12-18)26(5,25)23-21(2,3)4;1-20(2,3)23-26(4,25)17-12-10-16(11-13-17)22-19(24)18(21)14-15-8-6-5-7-9-15;1-11(2,3)12-17(4,16)10-7-5-9(6-8-10)13(14)15;1-11(2,3)13-15(4,14)10-7-5-9(12)6-8-10;1-8(10(11)12)7-9-5-3-2-4-6-9;8-6-3-1-5(2-4-6)7(9)10;1-13(8,12)7-4-2-6(3-5-7)9(10)11;1-12(11)7-4-2-6(3-5-7)8(9)10;1-11-7-4-2-6(3-5-7)8(9)10;;1-3-2;/h6-14,16H,15H2,1-5H3,(H,22,24);5-13,18H,14,21H2,1-4H3,(H,22,24);5-8H,1-4H3;5-8H,12H2,1-4H3;2-6,8H,7H2,1H3,(H,11,12);1-4H,(H,9,10);2-5,8H,1H3;2-5H,1H3;2-5H,1H3;1H4;;/q;;;;;;;;;;-1;+1/t16-,26?;18-,26?;;;8-;;;;;;;/m00..0......./s1. The van der Waals surface area contributed by atoms with Crippen molar-refractivity contribution in [1.29, 1.82) is 4.78 Å². The summed E-state index contributed by atoms with van der Waals surface area (Å²) in [6.07, 6.45) is 13.0. The molecule has 9 N–H and O–H groups in total. The van der Waals surface area contributed by atoms with Crippen molar-refractivity contribution in [1.82, 2.24) is 0 Å². The molecule has 11 aromatic rings. The number of benzene rings is 11. The van der Waals surface area contributed by atoms with Crippen molar-refractivity contribution in [3.63, 3.8) is 0 Å². The zero-order valence-corrected chi connectivity index (χ0v) is 93.3. The molecule has 790 valence electrons. The van der Waals surface area contributed by atoms with Crippen LogP contribution in [0, 0.1) is 62.9 Å². The number of nitro groups is 4. The normalized spacial score (nSPS) is 13.4. The molecule has 0 fully saturated rings. The fourth-order valence-corrected chi connectivity index (χ4v) is 20.6. The van der Waals surface area contributed by atoms with E-state index in [-0.39, 0.29) is 106 Å². The molecule has 0 heterocycles. The van der Waals surface area contributed by atoms with Crippen molar-refractivity contribution in [3.8, 4) is 0 Å². The van der Waals surface area contributed by atoms with Crippen LogP contribution in [-0.4, -0.2) is 151 Å². The molecule has 45 heteroatoms. The van der Waals surface area contributed by atoms with Crippen molar-refractivity contribution < 1.29 is 108 Å². The Hall–Kier alpha value is -12.9. The van der Waals surface area contributed by atoms with E-state index in [0.717, 1.165) is 38.6 Å². The molecule has 0 spiro atoms. The monoisotopic (exact) mass is 2170 g/mol. The molecule has 147 heavy (non-hydrogen) atoms. The number of halogens is 1. The molecule has 9 atom stereocenters. The number of hydrogen-bond donors (Lipinski definition) is 7.